The van der Waals surface area contributed by atoms with Crippen molar-refractivity contribution >= 4 is 57.4 Å². The first-order valence-electron chi connectivity index (χ1n) is 18.8. The SMILES string of the molecule is CC(C)C[C@H](NC(=O)[C@H](CCCN=C(N)N)NC(=O)[C@H](CCCCN)NC(=O)[C@H](Cc1c[nH]c2ccccc12)NC(=O)[C@H](C)N)C(=O)SCc1ccccc1. The Morgan fingerprint density at radius 1 is 0.745 bits per heavy atom. The number of amides is 4. The quantitative estimate of drug-likeness (QED) is 0.0382. The van der Waals surface area contributed by atoms with Gasteiger partial charge in [0.2, 0.25) is 28.7 Å². The number of fused-ring (bicyclic) bond motifs is 1. The molecule has 0 bridgehead atoms. The molecule has 1 aromatic heterocycles. The van der Waals surface area contributed by atoms with E-state index >= 15 is 0 Å². The van der Waals surface area contributed by atoms with Crippen molar-refractivity contribution in [2.45, 2.75) is 102 Å². The minimum atomic E-state index is -1.09. The van der Waals surface area contributed by atoms with E-state index in [0.717, 1.165) is 33.8 Å². The zero-order valence-electron chi connectivity index (χ0n) is 32.0. The number of rotatable bonds is 23. The molecule has 0 aliphatic carbocycles. The van der Waals surface area contributed by atoms with Crippen molar-refractivity contribution in [3.63, 3.8) is 0 Å². The molecule has 300 valence electrons. The van der Waals surface area contributed by atoms with E-state index in [0.29, 0.717) is 38.0 Å². The number of guanidine groups is 1. The van der Waals surface area contributed by atoms with Gasteiger partial charge in [0.25, 0.3) is 0 Å². The van der Waals surface area contributed by atoms with Crippen LogP contribution in [-0.2, 0) is 36.1 Å². The number of nitrogens with one attached hydrogen (secondary N) is 5. The number of aromatic nitrogens is 1. The lowest BCUT2D eigenvalue weighted by molar-refractivity contribution is -0.134. The summed E-state index contributed by atoms with van der Waals surface area (Å²) < 4.78 is 0. The Morgan fingerprint density at radius 3 is 1.95 bits per heavy atom. The highest BCUT2D eigenvalue weighted by Crippen LogP contribution is 2.20. The fourth-order valence-electron chi connectivity index (χ4n) is 5.90. The summed E-state index contributed by atoms with van der Waals surface area (Å²) in [4.78, 5) is 75.3. The van der Waals surface area contributed by atoms with Gasteiger partial charge < -0.3 is 49.2 Å². The maximum absolute atomic E-state index is 14.0. The van der Waals surface area contributed by atoms with Gasteiger partial charge in [-0.1, -0.05) is 74.1 Å². The van der Waals surface area contributed by atoms with Gasteiger partial charge in [0.15, 0.2) is 5.96 Å². The van der Waals surface area contributed by atoms with Gasteiger partial charge in [0.05, 0.1) is 12.1 Å². The molecule has 0 saturated heterocycles. The molecule has 0 saturated carbocycles. The molecule has 3 aromatic rings. The van der Waals surface area contributed by atoms with Gasteiger partial charge in [0, 0.05) is 35.8 Å². The minimum absolute atomic E-state index is 0.0866. The summed E-state index contributed by atoms with van der Waals surface area (Å²) in [5.41, 5.74) is 25.2. The number of nitrogens with zero attached hydrogens (tertiary/aromatic N) is 1. The number of hydrogen-bond acceptors (Lipinski definition) is 9. The molecular weight excluding hydrogens is 721 g/mol. The van der Waals surface area contributed by atoms with Crippen LogP contribution in [0.4, 0.5) is 0 Å². The minimum Gasteiger partial charge on any atom is -0.370 e. The molecule has 3 rings (SSSR count). The van der Waals surface area contributed by atoms with Crippen molar-refractivity contribution in [3.8, 4) is 0 Å². The molecule has 1 heterocycles. The van der Waals surface area contributed by atoms with Gasteiger partial charge in [0.1, 0.15) is 18.1 Å². The van der Waals surface area contributed by atoms with Gasteiger partial charge >= 0.3 is 0 Å². The van der Waals surface area contributed by atoms with Crippen molar-refractivity contribution in [1.82, 2.24) is 26.3 Å². The normalized spacial score (nSPS) is 13.9. The van der Waals surface area contributed by atoms with E-state index in [4.69, 9.17) is 22.9 Å². The molecule has 16 heteroatoms. The van der Waals surface area contributed by atoms with Crippen molar-refractivity contribution < 1.29 is 24.0 Å². The summed E-state index contributed by atoms with van der Waals surface area (Å²) in [5.74, 6) is -1.87. The van der Waals surface area contributed by atoms with Crippen molar-refractivity contribution in [2.75, 3.05) is 13.1 Å². The second-order valence-corrected chi connectivity index (χ2v) is 15.0. The van der Waals surface area contributed by atoms with E-state index in [1.165, 1.54) is 6.92 Å². The Morgan fingerprint density at radius 2 is 1.33 bits per heavy atom. The molecule has 0 spiro atoms. The Hall–Kier alpha value is -4.93. The van der Waals surface area contributed by atoms with Crippen molar-refractivity contribution in [1.29, 1.82) is 0 Å². The number of unbranched alkanes of at least 4 members (excludes halogenated alkanes) is 1. The van der Waals surface area contributed by atoms with Crippen LogP contribution in [0, 0.1) is 5.92 Å². The molecular formula is C39H58N10O5S. The summed E-state index contributed by atoms with van der Waals surface area (Å²) in [6, 6.07) is 12.2. The van der Waals surface area contributed by atoms with Crippen LogP contribution in [0.2, 0.25) is 0 Å². The Balaban J connectivity index is 1.84. The van der Waals surface area contributed by atoms with E-state index in [1.807, 2.05) is 68.4 Å². The molecule has 0 radical (unpaired) electrons. The number of benzene rings is 2. The Kier molecular flexibility index (Phi) is 18.7. The Bertz CT molecular complexity index is 1730. The third kappa shape index (κ3) is 15.4. The van der Waals surface area contributed by atoms with Gasteiger partial charge in [-0.3, -0.25) is 29.0 Å². The molecule has 2 aromatic carbocycles. The number of para-hydroxylation sites is 1. The second kappa shape index (κ2) is 23.1. The van der Waals surface area contributed by atoms with Crippen LogP contribution in [-0.4, -0.2) is 83.0 Å². The number of nitrogens with two attached hydrogens (primary N) is 4. The average Bonchev–Trinajstić information content (AvgIpc) is 3.56. The fraction of sp³-hybridized carbons (Fsp3) is 0.487. The molecule has 5 atom stereocenters. The number of H-pyrrole nitrogens is 1. The molecule has 0 aliphatic heterocycles. The molecule has 4 amide bonds. The van der Waals surface area contributed by atoms with Crippen LogP contribution < -0.4 is 44.2 Å². The average molecular weight is 779 g/mol. The summed E-state index contributed by atoms with van der Waals surface area (Å²) in [5, 5.41) is 11.9. The number of carbonyl (C=O) groups excluding carboxylic acids is 5. The van der Waals surface area contributed by atoms with Gasteiger partial charge in [-0.25, -0.2) is 0 Å². The van der Waals surface area contributed by atoms with Crippen LogP contribution in [0.25, 0.3) is 10.9 Å². The number of aliphatic imine (C=N–C) groups is 1. The zero-order chi connectivity index (χ0) is 40.3. The first kappa shape index (κ1) is 44.5. The predicted octanol–water partition coefficient (Wildman–Crippen LogP) is 1.69. The summed E-state index contributed by atoms with van der Waals surface area (Å²) in [7, 11) is 0. The smallest absolute Gasteiger partial charge is 0.243 e. The first-order valence-corrected chi connectivity index (χ1v) is 19.8. The lowest BCUT2D eigenvalue weighted by Gasteiger charge is -2.27. The third-order valence-corrected chi connectivity index (χ3v) is 9.88. The topological polar surface area (TPSA) is 266 Å². The van der Waals surface area contributed by atoms with Crippen LogP contribution in [0.3, 0.4) is 0 Å². The van der Waals surface area contributed by atoms with Gasteiger partial charge in [-0.05, 0) is 75.1 Å². The number of hydrogen-bond donors (Lipinski definition) is 9. The molecule has 0 unspecified atom stereocenters. The zero-order valence-corrected chi connectivity index (χ0v) is 32.8. The highest BCUT2D eigenvalue weighted by atomic mass is 32.2. The van der Waals surface area contributed by atoms with Crippen molar-refractivity contribution in [2.24, 2.45) is 33.8 Å². The molecule has 55 heavy (non-hydrogen) atoms. The second-order valence-electron chi connectivity index (χ2n) is 14.1. The van der Waals surface area contributed by atoms with Crippen LogP contribution in [0.5, 0.6) is 0 Å². The third-order valence-electron chi connectivity index (χ3n) is 8.84. The van der Waals surface area contributed by atoms with Crippen LogP contribution in [0.1, 0.15) is 70.4 Å². The van der Waals surface area contributed by atoms with E-state index in [9.17, 15) is 24.0 Å². The molecule has 13 N–H and O–H groups in total. The number of thioether (sulfide) groups is 1. The number of aromatic amines is 1. The van der Waals surface area contributed by atoms with E-state index < -0.39 is 53.8 Å². The summed E-state index contributed by atoms with van der Waals surface area (Å²) >= 11 is 1.12. The van der Waals surface area contributed by atoms with Gasteiger partial charge in [-0.15, -0.1) is 0 Å². The van der Waals surface area contributed by atoms with E-state index in [-0.39, 0.29) is 42.8 Å². The van der Waals surface area contributed by atoms with Crippen LogP contribution >= 0.6 is 11.8 Å². The Labute approximate surface area is 327 Å². The van der Waals surface area contributed by atoms with Crippen LogP contribution in [0.15, 0.2) is 65.8 Å². The largest absolute Gasteiger partial charge is 0.370 e. The highest BCUT2D eigenvalue weighted by Gasteiger charge is 2.32. The molecule has 0 fully saturated rings. The lowest BCUT2D eigenvalue weighted by atomic mass is 10.0. The molecule has 15 nitrogen and oxygen atoms in total. The maximum atomic E-state index is 14.0. The monoisotopic (exact) mass is 778 g/mol. The van der Waals surface area contributed by atoms with E-state index in [2.05, 4.69) is 31.2 Å². The summed E-state index contributed by atoms with van der Waals surface area (Å²) in [6.45, 7) is 6.01. The van der Waals surface area contributed by atoms with E-state index in [1.54, 1.807) is 6.20 Å². The predicted molar refractivity (Wildman–Crippen MR) is 218 cm³/mol. The highest BCUT2D eigenvalue weighted by molar-refractivity contribution is 8.13. The maximum Gasteiger partial charge on any atom is 0.243 e. The molecule has 0 aliphatic rings. The number of carbonyl (C=O) groups is 5. The summed E-state index contributed by atoms with van der Waals surface area (Å²) in [6.07, 6.45) is 4.06. The standard InChI is InChI=1S/C39H58N10O5S/c1-24(2)20-33(38(54)55-23-26-12-5-4-6-13-26)49-36(52)31(17-11-19-44-39(42)43)46-35(51)30(16-9-10-18-40)47-37(53)32(48-34(50)25(3)41)21-27-22-45-29-15-8-7-14-28(27)29/h4-8,12-15,22,24-25,30-33,45H,9-11,16-21,23,40-41H2,1-3H3,(H,46,51)(H,47,53)(H,48,50)(H,49,52)(H4,42,43,44)/t25-,30-,31-,32-,33-/m0/s1. The van der Waals surface area contributed by atoms with Crippen molar-refractivity contribution in [3.05, 3.63) is 71.9 Å². The fourth-order valence-corrected chi connectivity index (χ4v) is 6.76. The first-order chi connectivity index (χ1) is 26.3. The lowest BCUT2D eigenvalue weighted by Crippen LogP contribution is -2.58. The van der Waals surface area contributed by atoms with Gasteiger partial charge in [-0.2, -0.15) is 0 Å².